The minimum absolute atomic E-state index is 0.833. The van der Waals surface area contributed by atoms with Gasteiger partial charge in [0, 0.05) is 6.92 Å². The first-order valence-electron chi connectivity index (χ1n) is 13.0. The third-order valence-corrected chi connectivity index (χ3v) is 5.40. The van der Waals surface area contributed by atoms with Crippen molar-refractivity contribution < 1.29 is 9.90 Å². The molecule has 34 heavy (non-hydrogen) atoms. The second-order valence-corrected chi connectivity index (χ2v) is 10.0. The first kappa shape index (κ1) is 34.1. The molecule has 0 aliphatic rings. The number of carboxylic acids is 1. The van der Waals surface area contributed by atoms with Crippen molar-refractivity contribution in [1.29, 1.82) is 0 Å². The van der Waals surface area contributed by atoms with Gasteiger partial charge in [-0.15, -0.1) is 0 Å². The van der Waals surface area contributed by atoms with Gasteiger partial charge in [-0.05, 0) is 120 Å². The minimum Gasteiger partial charge on any atom is -0.481 e. The van der Waals surface area contributed by atoms with Gasteiger partial charge in [-0.3, -0.25) is 4.79 Å². The maximum Gasteiger partial charge on any atom is 0.300 e. The van der Waals surface area contributed by atoms with Gasteiger partial charge in [0.25, 0.3) is 5.97 Å². The Morgan fingerprint density at radius 2 is 0.647 bits per heavy atom. The van der Waals surface area contributed by atoms with E-state index in [1.54, 1.807) is 0 Å². The molecule has 0 aromatic carbocycles. The van der Waals surface area contributed by atoms with Gasteiger partial charge in [0.1, 0.15) is 0 Å². The van der Waals surface area contributed by atoms with Crippen molar-refractivity contribution in [2.75, 3.05) is 0 Å². The lowest BCUT2D eigenvalue weighted by atomic mass is 10.0. The van der Waals surface area contributed by atoms with Crippen molar-refractivity contribution >= 4 is 5.97 Å². The third-order valence-electron chi connectivity index (χ3n) is 5.40. The summed E-state index contributed by atoms with van der Waals surface area (Å²) in [6.07, 6.45) is 26.2. The van der Waals surface area contributed by atoms with Gasteiger partial charge < -0.3 is 5.11 Å². The van der Waals surface area contributed by atoms with E-state index in [0.717, 1.165) is 6.92 Å². The summed E-state index contributed by atoms with van der Waals surface area (Å²) >= 11 is 0. The predicted octanol–water partition coefficient (Wildman–Crippen LogP) is 10.7. The van der Waals surface area contributed by atoms with E-state index in [4.69, 9.17) is 9.90 Å². The first-order valence-corrected chi connectivity index (χ1v) is 13.0. The highest BCUT2D eigenvalue weighted by Gasteiger charge is 1.94. The quantitative estimate of drug-likeness (QED) is 0.191. The van der Waals surface area contributed by atoms with E-state index in [9.17, 15) is 0 Å². The molecule has 0 saturated carbocycles. The van der Waals surface area contributed by atoms with Crippen LogP contribution in [0.5, 0.6) is 0 Å². The van der Waals surface area contributed by atoms with Gasteiger partial charge in [-0.2, -0.15) is 0 Å². The lowest BCUT2D eigenvalue weighted by Gasteiger charge is -2.02. The fourth-order valence-corrected chi connectivity index (χ4v) is 3.34. The highest BCUT2D eigenvalue weighted by molar-refractivity contribution is 5.62. The maximum absolute atomic E-state index is 9.00. The molecule has 0 heterocycles. The summed E-state index contributed by atoms with van der Waals surface area (Å²) in [5.74, 6) is -0.833. The molecule has 194 valence electrons. The summed E-state index contributed by atoms with van der Waals surface area (Å²) < 4.78 is 0. The van der Waals surface area contributed by atoms with E-state index in [1.165, 1.54) is 97.6 Å². The molecule has 0 aromatic heterocycles. The number of rotatable bonds is 15. The molecule has 0 spiro atoms. The fourth-order valence-electron chi connectivity index (χ4n) is 3.34. The van der Waals surface area contributed by atoms with Crippen LogP contribution in [-0.2, 0) is 4.79 Å². The number of allylic oxidation sites excluding steroid dienone is 12. The molecule has 0 bridgehead atoms. The van der Waals surface area contributed by atoms with Gasteiger partial charge in [-0.1, -0.05) is 69.9 Å². The van der Waals surface area contributed by atoms with Crippen LogP contribution < -0.4 is 0 Å². The van der Waals surface area contributed by atoms with Crippen molar-refractivity contribution in [3.8, 4) is 0 Å². The number of hydrogen-bond donors (Lipinski definition) is 1. The number of unbranched alkanes of at least 4 members (excludes halogenated alkanes) is 1. The summed E-state index contributed by atoms with van der Waals surface area (Å²) in [5, 5.41) is 7.42. The summed E-state index contributed by atoms with van der Waals surface area (Å²) in [6, 6.07) is 0. The number of carboxylic acid groups (broad SMARTS) is 1. The Balaban J connectivity index is 0. The number of aliphatic carboxylic acids is 1. The molecule has 1 N–H and O–H groups in total. The maximum atomic E-state index is 9.00. The van der Waals surface area contributed by atoms with Gasteiger partial charge in [0.15, 0.2) is 0 Å². The zero-order valence-corrected chi connectivity index (χ0v) is 23.9. The summed E-state index contributed by atoms with van der Waals surface area (Å²) in [4.78, 5) is 9.00. The molecule has 0 unspecified atom stereocenters. The van der Waals surface area contributed by atoms with Crippen LogP contribution in [-0.4, -0.2) is 11.1 Å². The minimum atomic E-state index is -0.833. The SMILES string of the molecule is CC(=O)O.CC(C)=CCCC(C)=CCCC(C)=CCCC=C(C)CCC=C(C)CCC=C(C)C. The van der Waals surface area contributed by atoms with Crippen LogP contribution in [0.2, 0.25) is 0 Å². The zero-order chi connectivity index (χ0) is 26.4. The van der Waals surface area contributed by atoms with Crippen LogP contribution in [0.1, 0.15) is 127 Å². The standard InChI is InChI=1S/C30H50.C2H4O2/c1-25(2)15-11-19-29(7)23-13-21-27(5)17-9-10-18-28(6)22-14-24-30(8)20-12-16-26(3)4;1-2(3)4/h15-18,23-24H,9-14,19-22H2,1-8H3;1H3,(H,3,4). The van der Waals surface area contributed by atoms with Gasteiger partial charge in [0.05, 0.1) is 0 Å². The van der Waals surface area contributed by atoms with Crippen molar-refractivity contribution in [2.45, 2.75) is 127 Å². The largest absolute Gasteiger partial charge is 0.481 e. The molecule has 0 aliphatic heterocycles. The Hall–Kier alpha value is -2.09. The molecular formula is C32H54O2. The van der Waals surface area contributed by atoms with Crippen molar-refractivity contribution in [3.63, 3.8) is 0 Å². The highest BCUT2D eigenvalue weighted by atomic mass is 16.4. The molecule has 2 nitrogen and oxygen atoms in total. The molecule has 0 amide bonds. The Bertz CT molecular complexity index is 669. The summed E-state index contributed by atoms with van der Waals surface area (Å²) in [7, 11) is 0. The van der Waals surface area contributed by atoms with E-state index in [1.807, 2.05) is 0 Å². The van der Waals surface area contributed by atoms with E-state index < -0.39 is 5.97 Å². The average molecular weight is 471 g/mol. The van der Waals surface area contributed by atoms with Crippen LogP contribution in [0.15, 0.2) is 69.9 Å². The predicted molar refractivity (Wildman–Crippen MR) is 153 cm³/mol. The summed E-state index contributed by atoms with van der Waals surface area (Å²) in [5.41, 5.74) is 8.97. The number of hydrogen-bond acceptors (Lipinski definition) is 1. The Kier molecular flexibility index (Phi) is 22.7. The highest BCUT2D eigenvalue weighted by Crippen LogP contribution is 2.14. The molecule has 0 rings (SSSR count). The lowest BCUT2D eigenvalue weighted by molar-refractivity contribution is -0.134. The van der Waals surface area contributed by atoms with Crippen molar-refractivity contribution in [2.24, 2.45) is 0 Å². The van der Waals surface area contributed by atoms with E-state index in [0.29, 0.717) is 0 Å². The molecular weight excluding hydrogens is 416 g/mol. The van der Waals surface area contributed by atoms with Crippen LogP contribution in [0, 0.1) is 0 Å². The normalized spacial score (nSPS) is 12.6. The van der Waals surface area contributed by atoms with Crippen molar-refractivity contribution in [1.82, 2.24) is 0 Å². The van der Waals surface area contributed by atoms with E-state index in [-0.39, 0.29) is 0 Å². The third kappa shape index (κ3) is 29.9. The van der Waals surface area contributed by atoms with Crippen LogP contribution in [0.25, 0.3) is 0 Å². The van der Waals surface area contributed by atoms with Crippen LogP contribution in [0.4, 0.5) is 0 Å². The van der Waals surface area contributed by atoms with Gasteiger partial charge >= 0.3 is 0 Å². The van der Waals surface area contributed by atoms with Crippen LogP contribution in [0.3, 0.4) is 0 Å². The molecule has 0 aliphatic carbocycles. The Labute approximate surface area is 212 Å². The molecule has 0 saturated heterocycles. The molecule has 2 heteroatoms. The number of carbonyl (C=O) groups is 1. The fraction of sp³-hybridized carbons (Fsp3) is 0.594. The smallest absolute Gasteiger partial charge is 0.300 e. The van der Waals surface area contributed by atoms with E-state index >= 15 is 0 Å². The first-order chi connectivity index (χ1) is 15.9. The molecule has 0 radical (unpaired) electrons. The van der Waals surface area contributed by atoms with Crippen LogP contribution >= 0.6 is 0 Å². The lowest BCUT2D eigenvalue weighted by Crippen LogP contribution is -1.82. The monoisotopic (exact) mass is 470 g/mol. The molecule has 0 aromatic rings. The molecule has 0 fully saturated rings. The Morgan fingerprint density at radius 1 is 0.441 bits per heavy atom. The molecule has 0 atom stereocenters. The topological polar surface area (TPSA) is 37.3 Å². The van der Waals surface area contributed by atoms with E-state index in [2.05, 4.69) is 91.8 Å². The second-order valence-electron chi connectivity index (χ2n) is 10.0. The van der Waals surface area contributed by atoms with Gasteiger partial charge in [0.2, 0.25) is 0 Å². The Morgan fingerprint density at radius 3 is 0.882 bits per heavy atom. The second kappa shape index (κ2) is 22.7. The average Bonchev–Trinajstić information content (AvgIpc) is 2.70. The van der Waals surface area contributed by atoms with Crippen molar-refractivity contribution in [3.05, 3.63) is 69.9 Å². The summed E-state index contributed by atoms with van der Waals surface area (Å²) in [6.45, 7) is 18.9. The zero-order valence-electron chi connectivity index (χ0n) is 23.9. The van der Waals surface area contributed by atoms with Gasteiger partial charge in [-0.25, -0.2) is 0 Å².